The van der Waals surface area contributed by atoms with Gasteiger partial charge in [-0.15, -0.1) is 0 Å². The average Bonchev–Trinajstić information content (AvgIpc) is 2.64. The predicted octanol–water partition coefficient (Wildman–Crippen LogP) is 1.50. The van der Waals surface area contributed by atoms with Crippen molar-refractivity contribution in [2.24, 2.45) is 11.7 Å². The highest BCUT2D eigenvalue weighted by atomic mass is 14.9. The number of hydrogen-bond donors (Lipinski definition) is 2. The molecule has 2 heteroatoms. The van der Waals surface area contributed by atoms with E-state index in [0.717, 1.165) is 18.9 Å². The van der Waals surface area contributed by atoms with Crippen LogP contribution >= 0.6 is 0 Å². The minimum atomic E-state index is 0.239. The summed E-state index contributed by atoms with van der Waals surface area (Å²) in [5.74, 6) is 0.840. The van der Waals surface area contributed by atoms with E-state index in [4.69, 9.17) is 5.73 Å². The Labute approximate surface area is 75.9 Å². The maximum atomic E-state index is 5.97. The van der Waals surface area contributed by atoms with Gasteiger partial charge in [-0.25, -0.2) is 0 Å². The van der Waals surface area contributed by atoms with Crippen molar-refractivity contribution in [3.8, 4) is 0 Å². The zero-order chi connectivity index (χ0) is 9.19. The van der Waals surface area contributed by atoms with Gasteiger partial charge >= 0.3 is 0 Å². The Balaban J connectivity index is 2.01. The second-order valence-corrected chi connectivity index (χ2v) is 4.97. The van der Waals surface area contributed by atoms with Crippen molar-refractivity contribution in [1.29, 1.82) is 0 Å². The SMILES string of the molecule is CC(C)(C)NCCC(N)C1CC1. The molecule has 0 aliphatic heterocycles. The third kappa shape index (κ3) is 4.07. The van der Waals surface area contributed by atoms with Crippen molar-refractivity contribution >= 4 is 0 Å². The van der Waals surface area contributed by atoms with Crippen molar-refractivity contribution in [3.63, 3.8) is 0 Å². The van der Waals surface area contributed by atoms with Crippen molar-refractivity contribution in [2.75, 3.05) is 6.54 Å². The van der Waals surface area contributed by atoms with Crippen LogP contribution in [0.5, 0.6) is 0 Å². The molecule has 12 heavy (non-hydrogen) atoms. The van der Waals surface area contributed by atoms with Gasteiger partial charge in [0.15, 0.2) is 0 Å². The Hall–Kier alpha value is -0.0800. The van der Waals surface area contributed by atoms with E-state index in [1.54, 1.807) is 0 Å². The molecule has 1 fully saturated rings. The van der Waals surface area contributed by atoms with Crippen LogP contribution in [0.3, 0.4) is 0 Å². The van der Waals surface area contributed by atoms with E-state index < -0.39 is 0 Å². The van der Waals surface area contributed by atoms with E-state index >= 15 is 0 Å². The van der Waals surface area contributed by atoms with Crippen LogP contribution in [0, 0.1) is 5.92 Å². The van der Waals surface area contributed by atoms with Crippen LogP contribution in [0.25, 0.3) is 0 Å². The summed E-state index contributed by atoms with van der Waals surface area (Å²) in [5.41, 5.74) is 6.21. The molecule has 2 nitrogen and oxygen atoms in total. The molecule has 0 saturated heterocycles. The largest absolute Gasteiger partial charge is 0.327 e. The first-order chi connectivity index (χ1) is 5.49. The van der Waals surface area contributed by atoms with Gasteiger partial charge in [0.2, 0.25) is 0 Å². The van der Waals surface area contributed by atoms with Gasteiger partial charge < -0.3 is 11.1 Å². The average molecular weight is 170 g/mol. The summed E-state index contributed by atoms with van der Waals surface area (Å²) >= 11 is 0. The quantitative estimate of drug-likeness (QED) is 0.671. The lowest BCUT2D eigenvalue weighted by Crippen LogP contribution is -2.39. The van der Waals surface area contributed by atoms with E-state index in [2.05, 4.69) is 26.1 Å². The fraction of sp³-hybridized carbons (Fsp3) is 1.00. The highest BCUT2D eigenvalue weighted by Crippen LogP contribution is 2.32. The first-order valence-electron chi connectivity index (χ1n) is 4.99. The fourth-order valence-electron chi connectivity index (χ4n) is 1.37. The Morgan fingerprint density at radius 3 is 2.42 bits per heavy atom. The number of nitrogens with one attached hydrogen (secondary N) is 1. The highest BCUT2D eigenvalue weighted by molar-refractivity contribution is 4.84. The van der Waals surface area contributed by atoms with Crippen LogP contribution in [-0.2, 0) is 0 Å². The molecular weight excluding hydrogens is 148 g/mol. The summed E-state index contributed by atoms with van der Waals surface area (Å²) < 4.78 is 0. The summed E-state index contributed by atoms with van der Waals surface area (Å²) in [7, 11) is 0. The predicted molar refractivity (Wildman–Crippen MR) is 53.1 cm³/mol. The van der Waals surface area contributed by atoms with Gasteiger partial charge in [-0.05, 0) is 52.5 Å². The molecule has 1 aliphatic rings. The third-order valence-corrected chi connectivity index (χ3v) is 2.36. The van der Waals surface area contributed by atoms with Gasteiger partial charge in [-0.2, -0.15) is 0 Å². The fourth-order valence-corrected chi connectivity index (χ4v) is 1.37. The Morgan fingerprint density at radius 2 is 2.00 bits per heavy atom. The Kier molecular flexibility index (Phi) is 3.13. The molecule has 1 unspecified atom stereocenters. The van der Waals surface area contributed by atoms with Crippen molar-refractivity contribution in [2.45, 2.75) is 51.6 Å². The molecule has 0 aromatic carbocycles. The molecule has 0 heterocycles. The van der Waals surface area contributed by atoms with Gasteiger partial charge in [0.1, 0.15) is 0 Å². The molecule has 1 saturated carbocycles. The van der Waals surface area contributed by atoms with Crippen molar-refractivity contribution in [3.05, 3.63) is 0 Å². The lowest BCUT2D eigenvalue weighted by molar-refractivity contribution is 0.402. The Bertz CT molecular complexity index is 133. The topological polar surface area (TPSA) is 38.0 Å². The molecule has 0 amide bonds. The van der Waals surface area contributed by atoms with Gasteiger partial charge in [-0.3, -0.25) is 0 Å². The molecule has 1 aliphatic carbocycles. The number of rotatable bonds is 4. The maximum Gasteiger partial charge on any atom is 0.00965 e. The smallest absolute Gasteiger partial charge is 0.00965 e. The molecule has 0 spiro atoms. The van der Waals surface area contributed by atoms with Crippen LogP contribution in [0.15, 0.2) is 0 Å². The molecule has 1 atom stereocenters. The highest BCUT2D eigenvalue weighted by Gasteiger charge is 2.27. The maximum absolute atomic E-state index is 5.97. The number of nitrogens with two attached hydrogens (primary N) is 1. The zero-order valence-corrected chi connectivity index (χ0v) is 8.56. The normalized spacial score (nSPS) is 21.0. The second kappa shape index (κ2) is 3.75. The van der Waals surface area contributed by atoms with Gasteiger partial charge in [0.25, 0.3) is 0 Å². The summed E-state index contributed by atoms with van der Waals surface area (Å²) in [6.45, 7) is 7.63. The van der Waals surface area contributed by atoms with E-state index in [0.29, 0.717) is 6.04 Å². The minimum absolute atomic E-state index is 0.239. The van der Waals surface area contributed by atoms with Crippen LogP contribution in [0.1, 0.15) is 40.0 Å². The summed E-state index contributed by atoms with van der Waals surface area (Å²) in [6, 6.07) is 0.444. The van der Waals surface area contributed by atoms with E-state index in [1.807, 2.05) is 0 Å². The number of hydrogen-bond acceptors (Lipinski definition) is 2. The molecule has 3 N–H and O–H groups in total. The molecular formula is C10H22N2. The molecule has 1 rings (SSSR count). The minimum Gasteiger partial charge on any atom is -0.327 e. The van der Waals surface area contributed by atoms with Crippen LogP contribution in [0.4, 0.5) is 0 Å². The summed E-state index contributed by atoms with van der Waals surface area (Å²) in [4.78, 5) is 0. The van der Waals surface area contributed by atoms with Crippen LogP contribution < -0.4 is 11.1 Å². The van der Waals surface area contributed by atoms with Crippen LogP contribution in [0.2, 0.25) is 0 Å². The molecule has 0 aromatic rings. The van der Waals surface area contributed by atoms with Crippen LogP contribution in [-0.4, -0.2) is 18.1 Å². The summed E-state index contributed by atoms with van der Waals surface area (Å²) in [5, 5.41) is 3.46. The van der Waals surface area contributed by atoms with Crippen molar-refractivity contribution < 1.29 is 0 Å². The molecule has 0 radical (unpaired) electrons. The third-order valence-electron chi connectivity index (χ3n) is 2.36. The first kappa shape index (κ1) is 10.0. The molecule has 0 aromatic heterocycles. The van der Waals surface area contributed by atoms with E-state index in [-0.39, 0.29) is 5.54 Å². The van der Waals surface area contributed by atoms with E-state index in [9.17, 15) is 0 Å². The zero-order valence-electron chi connectivity index (χ0n) is 8.56. The van der Waals surface area contributed by atoms with E-state index in [1.165, 1.54) is 12.8 Å². The van der Waals surface area contributed by atoms with Gasteiger partial charge in [0.05, 0.1) is 0 Å². The lowest BCUT2D eigenvalue weighted by atomic mass is 10.1. The second-order valence-electron chi connectivity index (χ2n) is 4.97. The Morgan fingerprint density at radius 1 is 1.42 bits per heavy atom. The first-order valence-corrected chi connectivity index (χ1v) is 4.99. The standard InChI is InChI=1S/C10H22N2/c1-10(2,3)12-7-6-9(11)8-4-5-8/h8-9,12H,4-7,11H2,1-3H3. The summed E-state index contributed by atoms with van der Waals surface area (Å²) in [6.07, 6.45) is 3.84. The lowest BCUT2D eigenvalue weighted by Gasteiger charge is -2.21. The molecule has 72 valence electrons. The van der Waals surface area contributed by atoms with Gasteiger partial charge in [0, 0.05) is 11.6 Å². The molecule has 0 bridgehead atoms. The van der Waals surface area contributed by atoms with Crippen molar-refractivity contribution in [1.82, 2.24) is 5.32 Å². The van der Waals surface area contributed by atoms with Gasteiger partial charge in [-0.1, -0.05) is 0 Å². The monoisotopic (exact) mass is 170 g/mol.